The van der Waals surface area contributed by atoms with Gasteiger partial charge in [0, 0.05) is 35.6 Å². The van der Waals surface area contributed by atoms with E-state index in [9.17, 15) is 14.9 Å². The van der Waals surface area contributed by atoms with Crippen molar-refractivity contribution in [3.8, 4) is 11.3 Å². The van der Waals surface area contributed by atoms with Gasteiger partial charge in [0.1, 0.15) is 11.5 Å². The molecule has 0 aliphatic heterocycles. The van der Waals surface area contributed by atoms with E-state index in [-0.39, 0.29) is 11.6 Å². The molecule has 0 saturated heterocycles. The monoisotopic (exact) mass is 395 g/mol. The molecular weight excluding hydrogens is 378 g/mol. The van der Waals surface area contributed by atoms with Gasteiger partial charge in [-0.25, -0.2) is 0 Å². The second-order valence-corrected chi connectivity index (χ2v) is 6.05. The van der Waals surface area contributed by atoms with Crippen molar-refractivity contribution in [2.24, 2.45) is 0 Å². The summed E-state index contributed by atoms with van der Waals surface area (Å²) in [6.07, 6.45) is 0.834. The fraction of sp³-hybridized carbons (Fsp3) is 0.312. The summed E-state index contributed by atoms with van der Waals surface area (Å²) in [6.45, 7) is 3.47. The van der Waals surface area contributed by atoms with E-state index in [4.69, 9.17) is 4.42 Å². The van der Waals surface area contributed by atoms with Crippen molar-refractivity contribution in [1.29, 1.82) is 0 Å². The highest BCUT2D eigenvalue weighted by atomic mass is 79.9. The Labute approximate surface area is 147 Å². The molecule has 2 N–H and O–H groups in total. The minimum atomic E-state index is -0.438. The van der Waals surface area contributed by atoms with Crippen molar-refractivity contribution in [3.63, 3.8) is 0 Å². The first kappa shape index (κ1) is 18.2. The van der Waals surface area contributed by atoms with Crippen LogP contribution in [0.4, 0.5) is 5.69 Å². The van der Waals surface area contributed by atoms with Crippen LogP contribution >= 0.6 is 15.9 Å². The molecule has 0 saturated carbocycles. The van der Waals surface area contributed by atoms with Gasteiger partial charge < -0.3 is 15.1 Å². The second-order valence-electron chi connectivity index (χ2n) is 5.20. The number of nitro benzene ring substituents is 1. The molecule has 1 aromatic carbocycles. The number of nitrogens with zero attached hydrogens (tertiary/aromatic N) is 1. The normalized spacial score (nSPS) is 10.6. The summed E-state index contributed by atoms with van der Waals surface area (Å²) in [7, 11) is 0. The molecule has 0 atom stereocenters. The summed E-state index contributed by atoms with van der Waals surface area (Å²) in [6, 6.07) is 8.26. The van der Waals surface area contributed by atoms with Crippen molar-refractivity contribution in [2.45, 2.75) is 19.9 Å². The third-order valence-corrected chi connectivity index (χ3v) is 3.95. The maximum absolute atomic E-state index is 10.8. The summed E-state index contributed by atoms with van der Waals surface area (Å²) < 4.78 is 6.38. The number of halogens is 1. The number of nitrogens with one attached hydrogen (secondary N) is 2. The smallest absolute Gasteiger partial charge is 0.270 e. The molecular formula is C16H18BrN3O4. The number of carbonyl (C=O) groups excluding carboxylic acids is 1. The molecule has 0 radical (unpaired) electrons. The van der Waals surface area contributed by atoms with Crippen molar-refractivity contribution >= 4 is 27.5 Å². The SMILES string of the molecule is CC(=O)NCCCNCc1ccc(-c2ccc([N+](=O)[O-])cc2Br)o1. The molecule has 1 amide bonds. The van der Waals surface area contributed by atoms with E-state index in [1.807, 2.05) is 12.1 Å². The maximum Gasteiger partial charge on any atom is 0.270 e. The Morgan fingerprint density at radius 1 is 1.29 bits per heavy atom. The van der Waals surface area contributed by atoms with Gasteiger partial charge in [-0.1, -0.05) is 0 Å². The average Bonchev–Trinajstić information content (AvgIpc) is 2.98. The van der Waals surface area contributed by atoms with Crippen LogP contribution in [0.15, 0.2) is 39.2 Å². The Hall–Kier alpha value is -2.19. The van der Waals surface area contributed by atoms with Crippen LogP contribution in [0.25, 0.3) is 11.3 Å². The summed E-state index contributed by atoms with van der Waals surface area (Å²) in [5.74, 6) is 1.39. The predicted molar refractivity (Wildman–Crippen MR) is 93.5 cm³/mol. The zero-order chi connectivity index (χ0) is 17.5. The first-order valence-corrected chi connectivity index (χ1v) is 8.25. The Bertz CT molecular complexity index is 730. The zero-order valence-electron chi connectivity index (χ0n) is 13.2. The standard InChI is InChI=1S/C16H18BrN3O4/c1-11(21)19-8-2-7-18-10-13-4-6-16(24-13)14-5-3-12(20(22)23)9-15(14)17/h3-6,9,18H,2,7-8,10H2,1H3,(H,19,21). The number of furan rings is 1. The van der Waals surface area contributed by atoms with Gasteiger partial charge in [-0.05, 0) is 47.1 Å². The molecule has 24 heavy (non-hydrogen) atoms. The van der Waals surface area contributed by atoms with Crippen LogP contribution in [0.5, 0.6) is 0 Å². The first-order chi connectivity index (χ1) is 11.5. The van der Waals surface area contributed by atoms with Gasteiger partial charge in [0.2, 0.25) is 5.91 Å². The lowest BCUT2D eigenvalue weighted by Crippen LogP contribution is -2.24. The van der Waals surface area contributed by atoms with E-state index in [0.29, 0.717) is 23.3 Å². The summed E-state index contributed by atoms with van der Waals surface area (Å²) >= 11 is 3.34. The number of amides is 1. The van der Waals surface area contributed by atoms with Gasteiger partial charge in [0.25, 0.3) is 5.69 Å². The quantitative estimate of drug-likeness (QED) is 0.406. The Balaban J connectivity index is 1.89. The molecule has 0 aliphatic rings. The molecule has 0 bridgehead atoms. The second kappa shape index (κ2) is 8.60. The highest BCUT2D eigenvalue weighted by Crippen LogP contribution is 2.32. The lowest BCUT2D eigenvalue weighted by Gasteiger charge is -2.04. The van der Waals surface area contributed by atoms with Crippen molar-refractivity contribution in [2.75, 3.05) is 13.1 Å². The van der Waals surface area contributed by atoms with Crippen LogP contribution in [0.3, 0.4) is 0 Å². The van der Waals surface area contributed by atoms with E-state index < -0.39 is 4.92 Å². The van der Waals surface area contributed by atoms with Crippen LogP contribution < -0.4 is 10.6 Å². The maximum atomic E-state index is 10.8. The largest absolute Gasteiger partial charge is 0.460 e. The lowest BCUT2D eigenvalue weighted by atomic mass is 10.1. The number of hydrogen-bond acceptors (Lipinski definition) is 5. The molecule has 8 heteroatoms. The lowest BCUT2D eigenvalue weighted by molar-refractivity contribution is -0.384. The molecule has 2 rings (SSSR count). The zero-order valence-corrected chi connectivity index (χ0v) is 14.8. The van der Waals surface area contributed by atoms with Gasteiger partial charge in [-0.15, -0.1) is 0 Å². The molecule has 0 fully saturated rings. The fourth-order valence-electron chi connectivity index (χ4n) is 2.12. The Kier molecular flexibility index (Phi) is 6.51. The number of carbonyl (C=O) groups is 1. The first-order valence-electron chi connectivity index (χ1n) is 7.45. The highest BCUT2D eigenvalue weighted by molar-refractivity contribution is 9.10. The fourth-order valence-corrected chi connectivity index (χ4v) is 2.69. The van der Waals surface area contributed by atoms with Crippen LogP contribution in [0.2, 0.25) is 0 Å². The third-order valence-electron chi connectivity index (χ3n) is 3.29. The Morgan fingerprint density at radius 2 is 2.08 bits per heavy atom. The molecule has 0 spiro atoms. The van der Waals surface area contributed by atoms with E-state index >= 15 is 0 Å². The van der Waals surface area contributed by atoms with E-state index in [2.05, 4.69) is 26.6 Å². The molecule has 1 heterocycles. The van der Waals surface area contributed by atoms with E-state index in [1.165, 1.54) is 19.1 Å². The van der Waals surface area contributed by atoms with Gasteiger partial charge >= 0.3 is 0 Å². The number of benzene rings is 1. The molecule has 0 aliphatic carbocycles. The molecule has 2 aromatic rings. The topological polar surface area (TPSA) is 97.4 Å². The Morgan fingerprint density at radius 3 is 2.75 bits per heavy atom. The molecule has 128 valence electrons. The number of rotatable bonds is 8. The number of non-ortho nitro benzene ring substituents is 1. The van der Waals surface area contributed by atoms with Crippen LogP contribution in [0.1, 0.15) is 19.1 Å². The summed E-state index contributed by atoms with van der Waals surface area (Å²) in [5.41, 5.74) is 0.788. The summed E-state index contributed by atoms with van der Waals surface area (Å²) in [4.78, 5) is 21.1. The van der Waals surface area contributed by atoms with Gasteiger partial charge in [0.15, 0.2) is 0 Å². The minimum absolute atomic E-state index is 0.0261. The van der Waals surface area contributed by atoms with Gasteiger partial charge in [-0.2, -0.15) is 0 Å². The van der Waals surface area contributed by atoms with Gasteiger partial charge in [0.05, 0.1) is 11.5 Å². The third kappa shape index (κ3) is 5.17. The van der Waals surface area contributed by atoms with E-state index in [0.717, 1.165) is 24.3 Å². The predicted octanol–water partition coefficient (Wildman–Crippen LogP) is 3.23. The van der Waals surface area contributed by atoms with Crippen LogP contribution in [-0.2, 0) is 11.3 Å². The van der Waals surface area contributed by atoms with Crippen molar-refractivity contribution < 1.29 is 14.1 Å². The highest BCUT2D eigenvalue weighted by Gasteiger charge is 2.13. The number of nitro groups is 1. The van der Waals surface area contributed by atoms with Crippen molar-refractivity contribution in [1.82, 2.24) is 10.6 Å². The van der Waals surface area contributed by atoms with Crippen LogP contribution in [0, 0.1) is 10.1 Å². The van der Waals surface area contributed by atoms with Crippen molar-refractivity contribution in [3.05, 3.63) is 50.7 Å². The molecule has 1 aromatic heterocycles. The average molecular weight is 396 g/mol. The van der Waals surface area contributed by atoms with Crippen LogP contribution in [-0.4, -0.2) is 23.9 Å². The van der Waals surface area contributed by atoms with E-state index in [1.54, 1.807) is 6.07 Å². The summed E-state index contributed by atoms with van der Waals surface area (Å²) in [5, 5.41) is 16.7. The molecule has 0 unspecified atom stereocenters. The minimum Gasteiger partial charge on any atom is -0.460 e. The van der Waals surface area contributed by atoms with Gasteiger partial charge in [-0.3, -0.25) is 14.9 Å². The molecule has 7 nitrogen and oxygen atoms in total. The number of hydrogen-bond donors (Lipinski definition) is 2.